The Morgan fingerprint density at radius 1 is 1.06 bits per heavy atom. The van der Waals surface area contributed by atoms with Crippen LogP contribution < -0.4 is 15.4 Å². The molecular weight excluding hydrogens is 438 g/mol. The molecule has 2 heterocycles. The molecule has 1 aliphatic carbocycles. The van der Waals surface area contributed by atoms with Gasteiger partial charge in [-0.2, -0.15) is 0 Å². The summed E-state index contributed by atoms with van der Waals surface area (Å²) in [7, 11) is -3.45. The number of sulfone groups is 1. The summed E-state index contributed by atoms with van der Waals surface area (Å²) in [6.45, 7) is -0.256. The number of fused-ring (bicyclic) bond motifs is 1. The number of nitrogens with two attached hydrogens (primary N) is 1. The number of carbonyl (C=O) groups is 1. The van der Waals surface area contributed by atoms with Crippen LogP contribution in [0.25, 0.3) is 22.4 Å². The van der Waals surface area contributed by atoms with Gasteiger partial charge in [-0.15, -0.1) is 0 Å². The number of hydrogen-bond donors (Lipinski definition) is 1. The number of pyridine rings is 1. The maximum absolute atomic E-state index is 12.5. The van der Waals surface area contributed by atoms with Crippen molar-refractivity contribution in [1.29, 1.82) is 0 Å². The normalized spacial score (nSPS) is 17.2. The molecule has 0 unspecified atom stereocenters. The molecule has 2 aromatic carbocycles. The molecule has 8 heteroatoms. The highest BCUT2D eigenvalue weighted by Gasteiger charge is 2.34. The van der Waals surface area contributed by atoms with Crippen molar-refractivity contribution in [1.82, 2.24) is 4.98 Å². The first-order valence-electron chi connectivity index (χ1n) is 10.8. The van der Waals surface area contributed by atoms with Crippen molar-refractivity contribution in [3.63, 3.8) is 0 Å². The first-order chi connectivity index (χ1) is 15.7. The molecule has 33 heavy (non-hydrogen) atoms. The Hall–Kier alpha value is -3.23. The van der Waals surface area contributed by atoms with Gasteiger partial charge < -0.3 is 10.5 Å². The Balaban J connectivity index is 1.65. The highest BCUT2D eigenvalue weighted by Crippen LogP contribution is 2.42. The topological polar surface area (TPSA) is 103 Å². The average Bonchev–Trinajstić information content (AvgIpc) is 2.78. The molecule has 1 saturated carbocycles. The molecule has 170 valence electrons. The van der Waals surface area contributed by atoms with Gasteiger partial charge in [-0.25, -0.2) is 13.4 Å². The van der Waals surface area contributed by atoms with E-state index in [1.165, 1.54) is 4.90 Å². The minimum Gasteiger partial charge on any atom is -0.466 e. The van der Waals surface area contributed by atoms with E-state index in [-0.39, 0.29) is 18.0 Å². The van der Waals surface area contributed by atoms with Gasteiger partial charge in [-0.1, -0.05) is 54.6 Å². The van der Waals surface area contributed by atoms with Crippen LogP contribution in [0.1, 0.15) is 24.8 Å². The lowest BCUT2D eigenvalue weighted by Gasteiger charge is -2.38. The fraction of sp³-hybridized carbons (Fsp3) is 0.280. The Morgan fingerprint density at radius 3 is 2.36 bits per heavy atom. The van der Waals surface area contributed by atoms with Crippen molar-refractivity contribution >= 4 is 21.4 Å². The number of hydrogen-bond acceptors (Lipinski definition) is 6. The Kier molecular flexibility index (Phi) is 5.22. The van der Waals surface area contributed by atoms with E-state index in [0.29, 0.717) is 11.4 Å². The lowest BCUT2D eigenvalue weighted by molar-refractivity contribution is -0.121. The lowest BCUT2D eigenvalue weighted by Crippen LogP contribution is -2.43. The van der Waals surface area contributed by atoms with Crippen LogP contribution in [-0.4, -0.2) is 38.0 Å². The smallest absolute Gasteiger partial charge is 0.266 e. The summed E-state index contributed by atoms with van der Waals surface area (Å²) in [5.74, 6) is -0.601. The third-order valence-electron chi connectivity index (χ3n) is 6.32. The molecule has 1 aromatic heterocycles. The molecule has 0 spiro atoms. The zero-order valence-corrected chi connectivity index (χ0v) is 19.1. The summed E-state index contributed by atoms with van der Waals surface area (Å²) in [4.78, 5) is 18.5. The lowest BCUT2D eigenvalue weighted by atomic mass is 9.72. The number of ether oxygens (including phenoxy) is 1. The van der Waals surface area contributed by atoms with Crippen molar-refractivity contribution < 1.29 is 17.9 Å². The number of anilines is 1. The van der Waals surface area contributed by atoms with Gasteiger partial charge in [-0.3, -0.25) is 9.69 Å². The molecule has 7 nitrogen and oxygen atoms in total. The van der Waals surface area contributed by atoms with E-state index in [2.05, 4.69) is 0 Å². The third kappa shape index (κ3) is 4.12. The monoisotopic (exact) mass is 463 g/mol. The van der Waals surface area contributed by atoms with Crippen molar-refractivity contribution in [2.75, 3.05) is 23.6 Å². The van der Waals surface area contributed by atoms with Crippen LogP contribution in [0, 0.1) is 0 Å². The molecule has 0 saturated heterocycles. The van der Waals surface area contributed by atoms with Crippen molar-refractivity contribution in [2.45, 2.75) is 24.8 Å². The fourth-order valence-corrected chi connectivity index (χ4v) is 5.12. The van der Waals surface area contributed by atoms with Gasteiger partial charge in [0.25, 0.3) is 5.91 Å². The van der Waals surface area contributed by atoms with Crippen LogP contribution >= 0.6 is 0 Å². The highest BCUT2D eigenvalue weighted by molar-refractivity contribution is 7.90. The molecule has 1 amide bonds. The highest BCUT2D eigenvalue weighted by atomic mass is 32.2. The number of nitrogens with zero attached hydrogens (tertiary/aromatic N) is 2. The number of benzene rings is 2. The van der Waals surface area contributed by atoms with Crippen molar-refractivity contribution in [3.8, 4) is 28.3 Å². The second-order valence-corrected chi connectivity index (χ2v) is 10.9. The van der Waals surface area contributed by atoms with Crippen molar-refractivity contribution in [3.05, 3.63) is 66.2 Å². The minimum absolute atomic E-state index is 0.242. The van der Waals surface area contributed by atoms with E-state index in [1.54, 1.807) is 6.07 Å². The summed E-state index contributed by atoms with van der Waals surface area (Å²) in [5, 5.41) is 0. The molecule has 0 atom stereocenters. The summed E-state index contributed by atoms with van der Waals surface area (Å²) < 4.78 is 29.6. The van der Waals surface area contributed by atoms with Gasteiger partial charge >= 0.3 is 0 Å². The number of aromatic nitrogens is 1. The van der Waals surface area contributed by atoms with Gasteiger partial charge in [0, 0.05) is 22.9 Å². The molecule has 1 aliphatic heterocycles. The maximum Gasteiger partial charge on any atom is 0.266 e. The number of rotatable bonds is 5. The van der Waals surface area contributed by atoms with E-state index in [0.717, 1.165) is 47.8 Å². The predicted molar refractivity (Wildman–Crippen MR) is 128 cm³/mol. The second-order valence-electron chi connectivity index (χ2n) is 8.83. The first-order valence-corrected chi connectivity index (χ1v) is 12.9. The van der Waals surface area contributed by atoms with E-state index in [4.69, 9.17) is 15.5 Å². The molecular formula is C25H25N3O4S. The summed E-state index contributed by atoms with van der Waals surface area (Å²) in [6.07, 6.45) is 4.21. The molecule has 2 N–H and O–H groups in total. The van der Waals surface area contributed by atoms with E-state index >= 15 is 0 Å². The quantitative estimate of drug-likeness (QED) is 0.621. The maximum atomic E-state index is 12.5. The zero-order valence-electron chi connectivity index (χ0n) is 18.3. The van der Waals surface area contributed by atoms with Crippen LogP contribution in [0.3, 0.4) is 0 Å². The summed E-state index contributed by atoms with van der Waals surface area (Å²) >= 11 is 0. The third-order valence-corrected chi connectivity index (χ3v) is 7.05. The minimum atomic E-state index is -3.45. The van der Waals surface area contributed by atoms with Gasteiger partial charge in [0.2, 0.25) is 5.88 Å². The second kappa shape index (κ2) is 7.97. The van der Waals surface area contributed by atoms with Crippen LogP contribution in [0.4, 0.5) is 5.69 Å². The predicted octanol–water partition coefficient (Wildman–Crippen LogP) is 3.48. The SMILES string of the molecule is CS(=O)(=O)CN1C(=O)COc2nc(-c3ccc(C4(N)CCC4)cc3)c(-c3ccccc3)cc21. The van der Waals surface area contributed by atoms with E-state index in [1.807, 2.05) is 54.6 Å². The summed E-state index contributed by atoms with van der Waals surface area (Å²) in [6, 6.07) is 19.6. The molecule has 1 fully saturated rings. The van der Waals surface area contributed by atoms with Gasteiger partial charge in [0.1, 0.15) is 11.6 Å². The first kappa shape index (κ1) is 21.6. The average molecular weight is 464 g/mol. The number of carbonyl (C=O) groups excluding carboxylic acids is 1. The molecule has 5 rings (SSSR count). The van der Waals surface area contributed by atoms with Gasteiger partial charge in [0.15, 0.2) is 16.4 Å². The van der Waals surface area contributed by atoms with Gasteiger partial charge in [0.05, 0.1) is 5.69 Å². The fourth-order valence-electron chi connectivity index (χ4n) is 4.37. The van der Waals surface area contributed by atoms with E-state index in [9.17, 15) is 13.2 Å². The van der Waals surface area contributed by atoms with Crippen LogP contribution in [-0.2, 0) is 20.2 Å². The number of amides is 1. The Labute approximate surface area is 193 Å². The van der Waals surface area contributed by atoms with Crippen LogP contribution in [0.15, 0.2) is 60.7 Å². The Morgan fingerprint density at radius 2 is 1.76 bits per heavy atom. The zero-order chi connectivity index (χ0) is 23.2. The van der Waals surface area contributed by atoms with Gasteiger partial charge in [-0.05, 0) is 36.5 Å². The molecule has 3 aromatic rings. The molecule has 0 bridgehead atoms. The molecule has 2 aliphatic rings. The standard InChI is InChI=1S/C25H25N3O4S/c1-33(30,31)16-28-21-14-20(17-6-3-2-4-7-17)23(27-24(21)32-15-22(28)29)18-8-10-19(11-9-18)25(26)12-5-13-25/h2-4,6-11,14H,5,12-13,15-16,26H2,1H3. The van der Waals surface area contributed by atoms with Crippen LogP contribution in [0.2, 0.25) is 0 Å². The summed E-state index contributed by atoms with van der Waals surface area (Å²) in [5.41, 5.74) is 11.0. The molecule has 0 radical (unpaired) electrons. The van der Waals surface area contributed by atoms with E-state index < -0.39 is 21.6 Å². The van der Waals surface area contributed by atoms with Crippen molar-refractivity contribution in [2.24, 2.45) is 5.73 Å². The Bertz CT molecular complexity index is 1320. The van der Waals surface area contributed by atoms with Crippen LogP contribution in [0.5, 0.6) is 5.88 Å². The largest absolute Gasteiger partial charge is 0.466 e.